The fraction of sp³-hybridized carbons (Fsp3) is 0.300. The number of carbonyl (C=O) groups is 2. The molecule has 0 atom stereocenters. The normalized spacial score (nSPS) is 10.1. The van der Waals surface area contributed by atoms with Gasteiger partial charge in [-0.3, -0.25) is 9.59 Å². The van der Waals surface area contributed by atoms with Crippen LogP contribution >= 0.6 is 0 Å². The Labute approximate surface area is 148 Å². The van der Waals surface area contributed by atoms with Crippen LogP contribution in [0, 0.1) is 0 Å². The molecule has 0 aromatic heterocycles. The second-order valence-electron chi connectivity index (χ2n) is 5.66. The third kappa shape index (κ3) is 6.30. The number of nitrogens with one attached hydrogen (secondary N) is 2. The molecule has 0 aliphatic carbocycles. The van der Waals surface area contributed by atoms with Gasteiger partial charge < -0.3 is 15.4 Å². The van der Waals surface area contributed by atoms with Gasteiger partial charge in [-0.1, -0.05) is 55.8 Å². The average molecular weight is 340 g/mol. The summed E-state index contributed by atoms with van der Waals surface area (Å²) in [6, 6.07) is 16.6. The molecule has 2 aromatic rings. The first kappa shape index (κ1) is 18.5. The molecule has 0 heterocycles. The zero-order valence-corrected chi connectivity index (χ0v) is 14.5. The minimum absolute atomic E-state index is 0.104. The molecule has 2 amide bonds. The Morgan fingerprint density at radius 1 is 0.960 bits per heavy atom. The fourth-order valence-electron chi connectivity index (χ4n) is 2.25. The third-order valence-electron chi connectivity index (χ3n) is 3.64. The van der Waals surface area contributed by atoms with Crippen LogP contribution < -0.4 is 15.4 Å². The van der Waals surface area contributed by atoms with Crippen LogP contribution in [0.15, 0.2) is 54.6 Å². The summed E-state index contributed by atoms with van der Waals surface area (Å²) in [5.74, 6) is -0.0162. The zero-order valence-electron chi connectivity index (χ0n) is 14.5. The Kier molecular flexibility index (Phi) is 7.50. The van der Waals surface area contributed by atoms with Crippen LogP contribution in [0.25, 0.3) is 0 Å². The molecular weight excluding hydrogens is 316 g/mol. The highest BCUT2D eigenvalue weighted by molar-refractivity contribution is 5.97. The van der Waals surface area contributed by atoms with Crippen molar-refractivity contribution in [2.45, 2.75) is 26.3 Å². The lowest BCUT2D eigenvalue weighted by atomic mass is 10.1. The molecule has 0 saturated heterocycles. The van der Waals surface area contributed by atoms with E-state index in [1.165, 1.54) is 0 Å². The number of carbonyl (C=O) groups excluding carboxylic acids is 2. The van der Waals surface area contributed by atoms with E-state index in [0.29, 0.717) is 24.4 Å². The molecule has 0 spiro atoms. The number of unbranched alkanes of at least 4 members (excludes halogenated alkanes) is 1. The molecule has 0 unspecified atom stereocenters. The first-order chi connectivity index (χ1) is 12.2. The Balaban J connectivity index is 1.90. The molecule has 5 nitrogen and oxygen atoms in total. The van der Waals surface area contributed by atoms with Crippen LogP contribution in [0.1, 0.15) is 35.7 Å². The van der Waals surface area contributed by atoms with Gasteiger partial charge in [0.25, 0.3) is 11.8 Å². The lowest BCUT2D eigenvalue weighted by Crippen LogP contribution is -2.30. The Bertz CT molecular complexity index is 686. The highest BCUT2D eigenvalue weighted by Gasteiger charge is 2.13. The quantitative estimate of drug-likeness (QED) is 0.690. The summed E-state index contributed by atoms with van der Waals surface area (Å²) in [6.07, 6.45) is 1.95. The van der Waals surface area contributed by atoms with Gasteiger partial charge >= 0.3 is 0 Å². The first-order valence-corrected chi connectivity index (χ1v) is 8.51. The monoisotopic (exact) mass is 340 g/mol. The molecule has 0 bridgehead atoms. The van der Waals surface area contributed by atoms with Gasteiger partial charge in [0.05, 0.1) is 5.56 Å². The summed E-state index contributed by atoms with van der Waals surface area (Å²) in [5.41, 5.74) is 1.43. The summed E-state index contributed by atoms with van der Waals surface area (Å²) in [5, 5.41) is 5.65. The van der Waals surface area contributed by atoms with E-state index in [4.69, 9.17) is 4.74 Å². The second-order valence-corrected chi connectivity index (χ2v) is 5.66. The molecule has 2 N–H and O–H groups in total. The van der Waals surface area contributed by atoms with Crippen molar-refractivity contribution in [3.8, 4) is 5.75 Å². The second kappa shape index (κ2) is 10.1. The summed E-state index contributed by atoms with van der Waals surface area (Å²) >= 11 is 0. The number of benzene rings is 2. The average Bonchev–Trinajstić information content (AvgIpc) is 2.66. The van der Waals surface area contributed by atoms with Gasteiger partial charge in [-0.05, 0) is 24.1 Å². The summed E-state index contributed by atoms with van der Waals surface area (Å²) in [7, 11) is 0. The standard InChI is InChI=1S/C20H24N2O3/c1-2-3-13-21-19(23)15-25-18-12-8-7-11-17(18)20(24)22-14-16-9-5-4-6-10-16/h4-12H,2-3,13-15H2,1H3,(H,21,23)(H,22,24). The maximum absolute atomic E-state index is 12.4. The largest absolute Gasteiger partial charge is 0.483 e. The van der Waals surface area contributed by atoms with Crippen molar-refractivity contribution in [2.24, 2.45) is 0 Å². The van der Waals surface area contributed by atoms with Crippen LogP contribution in [0.5, 0.6) is 5.75 Å². The number of ether oxygens (including phenoxy) is 1. The van der Waals surface area contributed by atoms with Crippen LogP contribution in [0.4, 0.5) is 0 Å². The summed E-state index contributed by atoms with van der Waals surface area (Å²) < 4.78 is 5.53. The molecule has 0 fully saturated rings. The molecule has 25 heavy (non-hydrogen) atoms. The van der Waals surface area contributed by atoms with E-state index in [-0.39, 0.29) is 18.4 Å². The van der Waals surface area contributed by atoms with Crippen molar-refractivity contribution in [1.82, 2.24) is 10.6 Å². The van der Waals surface area contributed by atoms with E-state index in [1.807, 2.05) is 30.3 Å². The van der Waals surface area contributed by atoms with Gasteiger partial charge in [0, 0.05) is 13.1 Å². The predicted molar refractivity (Wildman–Crippen MR) is 97.5 cm³/mol. The van der Waals surface area contributed by atoms with Crippen LogP contribution in [-0.4, -0.2) is 25.0 Å². The zero-order chi connectivity index (χ0) is 17.9. The predicted octanol–water partition coefficient (Wildman–Crippen LogP) is 2.91. The van der Waals surface area contributed by atoms with Crippen molar-refractivity contribution in [3.63, 3.8) is 0 Å². The van der Waals surface area contributed by atoms with E-state index >= 15 is 0 Å². The Morgan fingerprint density at radius 3 is 2.44 bits per heavy atom. The minimum atomic E-state index is -0.231. The van der Waals surface area contributed by atoms with Gasteiger partial charge in [0.1, 0.15) is 5.75 Å². The van der Waals surface area contributed by atoms with Crippen molar-refractivity contribution in [1.29, 1.82) is 0 Å². The van der Waals surface area contributed by atoms with E-state index in [2.05, 4.69) is 17.6 Å². The number of hydrogen-bond acceptors (Lipinski definition) is 3. The molecular formula is C20H24N2O3. The summed E-state index contributed by atoms with van der Waals surface area (Å²) in [4.78, 5) is 24.1. The van der Waals surface area contributed by atoms with E-state index in [0.717, 1.165) is 18.4 Å². The Hall–Kier alpha value is -2.82. The molecule has 2 rings (SSSR count). The molecule has 132 valence electrons. The van der Waals surface area contributed by atoms with Crippen LogP contribution in [-0.2, 0) is 11.3 Å². The first-order valence-electron chi connectivity index (χ1n) is 8.51. The lowest BCUT2D eigenvalue weighted by Gasteiger charge is -2.12. The Morgan fingerprint density at radius 2 is 1.68 bits per heavy atom. The van der Waals surface area contributed by atoms with Gasteiger partial charge in [-0.25, -0.2) is 0 Å². The van der Waals surface area contributed by atoms with Crippen molar-refractivity contribution in [3.05, 3.63) is 65.7 Å². The number of para-hydroxylation sites is 1. The van der Waals surface area contributed by atoms with Crippen molar-refractivity contribution >= 4 is 11.8 Å². The van der Waals surface area contributed by atoms with Crippen molar-refractivity contribution < 1.29 is 14.3 Å². The molecule has 5 heteroatoms. The summed E-state index contributed by atoms with van der Waals surface area (Å²) in [6.45, 7) is 3.03. The topological polar surface area (TPSA) is 67.4 Å². The minimum Gasteiger partial charge on any atom is -0.483 e. The third-order valence-corrected chi connectivity index (χ3v) is 3.64. The fourth-order valence-corrected chi connectivity index (χ4v) is 2.25. The molecule has 2 aromatic carbocycles. The van der Waals surface area contributed by atoms with E-state index in [9.17, 15) is 9.59 Å². The SMILES string of the molecule is CCCCNC(=O)COc1ccccc1C(=O)NCc1ccccc1. The molecule has 0 aliphatic heterocycles. The van der Waals surface area contributed by atoms with E-state index in [1.54, 1.807) is 24.3 Å². The number of amides is 2. The maximum Gasteiger partial charge on any atom is 0.257 e. The lowest BCUT2D eigenvalue weighted by molar-refractivity contribution is -0.123. The smallest absolute Gasteiger partial charge is 0.257 e. The van der Waals surface area contributed by atoms with Gasteiger partial charge in [-0.2, -0.15) is 0 Å². The van der Waals surface area contributed by atoms with Gasteiger partial charge in [0.2, 0.25) is 0 Å². The van der Waals surface area contributed by atoms with Crippen LogP contribution in [0.3, 0.4) is 0 Å². The molecule has 0 saturated carbocycles. The maximum atomic E-state index is 12.4. The van der Waals surface area contributed by atoms with E-state index < -0.39 is 0 Å². The molecule has 0 aliphatic rings. The van der Waals surface area contributed by atoms with Gasteiger partial charge in [-0.15, -0.1) is 0 Å². The number of hydrogen-bond donors (Lipinski definition) is 2. The molecule has 0 radical (unpaired) electrons. The van der Waals surface area contributed by atoms with Gasteiger partial charge in [0.15, 0.2) is 6.61 Å². The number of rotatable bonds is 9. The highest BCUT2D eigenvalue weighted by Crippen LogP contribution is 2.18. The van der Waals surface area contributed by atoms with Crippen LogP contribution in [0.2, 0.25) is 0 Å². The van der Waals surface area contributed by atoms with Crippen molar-refractivity contribution in [2.75, 3.05) is 13.2 Å². The highest BCUT2D eigenvalue weighted by atomic mass is 16.5.